The molecule has 0 spiro atoms. The van der Waals surface area contributed by atoms with Crippen molar-refractivity contribution in [2.75, 3.05) is 6.54 Å². The highest BCUT2D eigenvalue weighted by atomic mass is 16.3. The third-order valence-corrected chi connectivity index (χ3v) is 5.77. The van der Waals surface area contributed by atoms with Crippen LogP contribution in [0.2, 0.25) is 0 Å². The molecular weight excluding hydrogens is 384 g/mol. The zero-order valence-corrected chi connectivity index (χ0v) is 19.1. The Morgan fingerprint density at radius 1 is 0.903 bits per heavy atom. The molecule has 0 aliphatic carbocycles. The molecule has 3 aromatic rings. The second-order valence-electron chi connectivity index (χ2n) is 8.42. The highest BCUT2D eigenvalue weighted by Gasteiger charge is 2.15. The van der Waals surface area contributed by atoms with Crippen LogP contribution in [0.3, 0.4) is 0 Å². The molecule has 0 unspecified atom stereocenters. The van der Waals surface area contributed by atoms with Crippen molar-refractivity contribution >= 4 is 16.8 Å². The number of carbonyl (C=O) groups excluding carboxylic acids is 1. The summed E-state index contributed by atoms with van der Waals surface area (Å²) in [6.45, 7) is 4.88. The van der Waals surface area contributed by atoms with Crippen molar-refractivity contribution in [3.05, 3.63) is 53.8 Å². The quantitative estimate of drug-likeness (QED) is 0.292. The molecule has 0 aliphatic heterocycles. The number of hydrogen-bond donors (Lipinski definition) is 1. The second-order valence-corrected chi connectivity index (χ2v) is 8.42. The van der Waals surface area contributed by atoms with E-state index in [-0.39, 0.29) is 5.91 Å². The first-order valence-corrected chi connectivity index (χ1v) is 11.9. The van der Waals surface area contributed by atoms with Crippen LogP contribution >= 0.6 is 0 Å². The fraction of sp³-hybridized carbons (Fsp3) is 0.481. The lowest BCUT2D eigenvalue weighted by molar-refractivity contribution is 0.0954. The Morgan fingerprint density at radius 2 is 1.58 bits per heavy atom. The maximum Gasteiger partial charge on any atom is 0.252 e. The SMILES string of the molecule is CCCCCCCCCCCCNC(=O)c1cc(-c2ccc(C)o2)nc2ccccc12. The van der Waals surface area contributed by atoms with Gasteiger partial charge in [0.1, 0.15) is 11.5 Å². The van der Waals surface area contributed by atoms with E-state index in [2.05, 4.69) is 17.2 Å². The summed E-state index contributed by atoms with van der Waals surface area (Å²) < 4.78 is 5.73. The Kier molecular flexibility index (Phi) is 9.14. The van der Waals surface area contributed by atoms with Crippen molar-refractivity contribution in [3.8, 4) is 11.5 Å². The number of benzene rings is 1. The van der Waals surface area contributed by atoms with Gasteiger partial charge in [-0.25, -0.2) is 4.98 Å². The summed E-state index contributed by atoms with van der Waals surface area (Å²) in [4.78, 5) is 17.6. The molecule has 0 atom stereocenters. The number of pyridine rings is 1. The summed E-state index contributed by atoms with van der Waals surface area (Å²) in [7, 11) is 0. The number of hydrogen-bond acceptors (Lipinski definition) is 3. The zero-order chi connectivity index (χ0) is 21.9. The number of carbonyl (C=O) groups is 1. The molecule has 0 radical (unpaired) electrons. The second kappa shape index (κ2) is 12.3. The molecule has 4 heteroatoms. The third kappa shape index (κ3) is 6.95. The van der Waals surface area contributed by atoms with Gasteiger partial charge in [-0.1, -0.05) is 82.9 Å². The minimum absolute atomic E-state index is 0.0425. The van der Waals surface area contributed by atoms with Gasteiger partial charge in [-0.2, -0.15) is 0 Å². The fourth-order valence-electron chi connectivity index (χ4n) is 3.97. The number of nitrogens with one attached hydrogen (secondary N) is 1. The molecule has 3 rings (SSSR count). The predicted octanol–water partition coefficient (Wildman–Crippen LogP) is 7.45. The van der Waals surface area contributed by atoms with E-state index < -0.39 is 0 Å². The van der Waals surface area contributed by atoms with Crippen molar-refractivity contribution in [2.45, 2.75) is 78.1 Å². The fourth-order valence-corrected chi connectivity index (χ4v) is 3.97. The first-order valence-electron chi connectivity index (χ1n) is 11.9. The van der Waals surface area contributed by atoms with Crippen LogP contribution in [-0.4, -0.2) is 17.4 Å². The minimum atomic E-state index is -0.0425. The zero-order valence-electron chi connectivity index (χ0n) is 19.1. The molecule has 1 N–H and O–H groups in total. The molecule has 4 nitrogen and oxygen atoms in total. The van der Waals surface area contributed by atoms with Crippen LogP contribution in [0.15, 0.2) is 46.9 Å². The summed E-state index contributed by atoms with van der Waals surface area (Å²) >= 11 is 0. The van der Waals surface area contributed by atoms with Gasteiger partial charge in [0.2, 0.25) is 0 Å². The highest BCUT2D eigenvalue weighted by Crippen LogP contribution is 2.26. The molecule has 0 aliphatic rings. The molecule has 0 saturated heterocycles. The van der Waals surface area contributed by atoms with Crippen molar-refractivity contribution in [2.24, 2.45) is 0 Å². The van der Waals surface area contributed by atoms with E-state index in [0.29, 0.717) is 23.6 Å². The molecule has 1 aromatic carbocycles. The van der Waals surface area contributed by atoms with Crippen molar-refractivity contribution in [1.29, 1.82) is 0 Å². The number of furan rings is 1. The number of fused-ring (bicyclic) bond motifs is 1. The van der Waals surface area contributed by atoms with Gasteiger partial charge in [0, 0.05) is 11.9 Å². The van der Waals surface area contributed by atoms with Gasteiger partial charge in [0.25, 0.3) is 5.91 Å². The predicted molar refractivity (Wildman–Crippen MR) is 128 cm³/mol. The van der Waals surface area contributed by atoms with Crippen LogP contribution < -0.4 is 5.32 Å². The Hall–Kier alpha value is -2.62. The van der Waals surface area contributed by atoms with Gasteiger partial charge in [0.15, 0.2) is 5.76 Å². The smallest absolute Gasteiger partial charge is 0.252 e. The van der Waals surface area contributed by atoms with Crippen LogP contribution in [-0.2, 0) is 0 Å². The average molecular weight is 421 g/mol. The van der Waals surface area contributed by atoms with E-state index in [1.807, 2.05) is 49.4 Å². The minimum Gasteiger partial charge on any atom is -0.460 e. The summed E-state index contributed by atoms with van der Waals surface area (Å²) in [6.07, 6.45) is 12.9. The number of para-hydroxylation sites is 1. The van der Waals surface area contributed by atoms with Crippen LogP contribution in [0.4, 0.5) is 0 Å². The number of amides is 1. The van der Waals surface area contributed by atoms with Crippen molar-refractivity contribution < 1.29 is 9.21 Å². The van der Waals surface area contributed by atoms with Gasteiger partial charge in [-0.05, 0) is 37.6 Å². The molecule has 2 heterocycles. The summed E-state index contributed by atoms with van der Waals surface area (Å²) in [5.74, 6) is 1.47. The normalized spacial score (nSPS) is 11.2. The summed E-state index contributed by atoms with van der Waals surface area (Å²) in [6, 6.07) is 13.4. The monoisotopic (exact) mass is 420 g/mol. The van der Waals surface area contributed by atoms with Gasteiger partial charge in [-0.15, -0.1) is 0 Å². The Morgan fingerprint density at radius 3 is 2.26 bits per heavy atom. The molecule has 1 amide bonds. The molecule has 0 saturated carbocycles. The van der Waals surface area contributed by atoms with Crippen LogP contribution in [0, 0.1) is 6.92 Å². The summed E-state index contributed by atoms with van der Waals surface area (Å²) in [5, 5.41) is 3.97. The molecular formula is C27H36N2O2. The molecule has 166 valence electrons. The number of nitrogens with zero attached hydrogens (tertiary/aromatic N) is 1. The Bertz CT molecular complexity index is 961. The number of unbranched alkanes of at least 4 members (excludes halogenated alkanes) is 9. The van der Waals surface area contributed by atoms with E-state index in [1.165, 1.54) is 57.8 Å². The van der Waals surface area contributed by atoms with E-state index in [1.54, 1.807) is 0 Å². The van der Waals surface area contributed by atoms with E-state index in [4.69, 9.17) is 4.42 Å². The standard InChI is InChI=1S/C27H36N2O2/c1-3-4-5-6-7-8-9-10-11-14-19-28-27(30)23-20-25(26-18-17-21(2)31-26)29-24-16-13-12-15-22(23)24/h12-13,15-18,20H,3-11,14,19H2,1-2H3,(H,28,30). The lowest BCUT2D eigenvalue weighted by atomic mass is 10.1. The summed E-state index contributed by atoms with van der Waals surface area (Å²) in [5.41, 5.74) is 2.15. The first kappa shape index (κ1) is 23.1. The number of rotatable bonds is 13. The lowest BCUT2D eigenvalue weighted by Crippen LogP contribution is -2.24. The van der Waals surface area contributed by atoms with Crippen LogP contribution in [0.5, 0.6) is 0 Å². The van der Waals surface area contributed by atoms with Gasteiger partial charge in [0.05, 0.1) is 11.1 Å². The number of aryl methyl sites for hydroxylation is 1. The lowest BCUT2D eigenvalue weighted by Gasteiger charge is -2.10. The Balaban J connectivity index is 1.49. The highest BCUT2D eigenvalue weighted by molar-refractivity contribution is 6.07. The van der Waals surface area contributed by atoms with Crippen molar-refractivity contribution in [3.63, 3.8) is 0 Å². The Labute approximate surface area is 186 Å². The first-order chi connectivity index (χ1) is 15.2. The average Bonchev–Trinajstić information content (AvgIpc) is 3.23. The molecule has 0 fully saturated rings. The largest absolute Gasteiger partial charge is 0.460 e. The molecule has 0 bridgehead atoms. The molecule has 2 aromatic heterocycles. The maximum atomic E-state index is 12.9. The molecule has 31 heavy (non-hydrogen) atoms. The maximum absolute atomic E-state index is 12.9. The third-order valence-electron chi connectivity index (χ3n) is 5.77. The van der Waals surface area contributed by atoms with Crippen LogP contribution in [0.25, 0.3) is 22.4 Å². The van der Waals surface area contributed by atoms with Crippen molar-refractivity contribution in [1.82, 2.24) is 10.3 Å². The van der Waals surface area contributed by atoms with E-state index in [9.17, 15) is 4.79 Å². The van der Waals surface area contributed by atoms with Gasteiger partial charge in [-0.3, -0.25) is 4.79 Å². The topological polar surface area (TPSA) is 55.1 Å². The van der Waals surface area contributed by atoms with Gasteiger partial charge < -0.3 is 9.73 Å². The van der Waals surface area contributed by atoms with Crippen LogP contribution in [0.1, 0.15) is 87.3 Å². The van der Waals surface area contributed by atoms with E-state index >= 15 is 0 Å². The van der Waals surface area contributed by atoms with Gasteiger partial charge >= 0.3 is 0 Å². The number of aromatic nitrogens is 1. The van der Waals surface area contributed by atoms with E-state index in [0.717, 1.165) is 23.1 Å².